The van der Waals surface area contributed by atoms with Crippen molar-refractivity contribution in [3.63, 3.8) is 0 Å². The lowest BCUT2D eigenvalue weighted by atomic mass is 9.93. The van der Waals surface area contributed by atoms with Gasteiger partial charge in [-0.3, -0.25) is 4.79 Å². The average Bonchev–Trinajstić information content (AvgIpc) is 3.43. The van der Waals surface area contributed by atoms with Gasteiger partial charge in [-0.25, -0.2) is 0 Å². The van der Waals surface area contributed by atoms with Gasteiger partial charge in [-0.1, -0.05) is 54.6 Å². The lowest BCUT2D eigenvalue weighted by Crippen LogP contribution is -2.46. The quantitative estimate of drug-likeness (QED) is 0.381. The number of rotatable bonds is 10. The van der Waals surface area contributed by atoms with E-state index < -0.39 is 18.0 Å². The highest BCUT2D eigenvalue weighted by Gasteiger charge is 2.64. The molecule has 3 aromatic carbocycles. The van der Waals surface area contributed by atoms with Gasteiger partial charge in [-0.15, -0.1) is 0 Å². The molecule has 1 aliphatic carbocycles. The Morgan fingerprint density at radius 2 is 1.89 bits per heavy atom. The van der Waals surface area contributed by atoms with Gasteiger partial charge in [0.05, 0.1) is 18.8 Å². The maximum absolute atomic E-state index is 11.5. The second kappa shape index (κ2) is 9.51. The number of ether oxygens (including phenoxy) is 2. The lowest BCUT2D eigenvalue weighted by Gasteiger charge is -2.28. The maximum atomic E-state index is 11.5. The summed E-state index contributed by atoms with van der Waals surface area (Å²) in [6, 6.07) is 18.9. The summed E-state index contributed by atoms with van der Waals surface area (Å²) < 4.78 is 12.0. The molecule has 1 heterocycles. The van der Waals surface area contributed by atoms with Gasteiger partial charge in [0.25, 0.3) is 0 Å². The first kappa shape index (κ1) is 24.8. The smallest absolute Gasteiger partial charge is 0.311 e. The third-order valence-corrected chi connectivity index (χ3v) is 7.51. The Morgan fingerprint density at radius 3 is 2.64 bits per heavy atom. The zero-order valence-corrected chi connectivity index (χ0v) is 21.3. The zero-order valence-electron chi connectivity index (χ0n) is 21.3. The van der Waals surface area contributed by atoms with E-state index in [1.807, 2.05) is 32.0 Å². The molecule has 190 valence electrons. The predicted molar refractivity (Wildman–Crippen MR) is 140 cm³/mol. The number of carbonyl (C=O) groups is 1. The molecule has 0 aromatic heterocycles. The monoisotopic (exact) mass is 489 g/mol. The summed E-state index contributed by atoms with van der Waals surface area (Å²) in [5, 5.41) is 26.1. The first-order valence-electron chi connectivity index (χ1n) is 12.7. The van der Waals surface area contributed by atoms with Gasteiger partial charge in [0.15, 0.2) is 0 Å². The number of carboxylic acid groups (broad SMARTS) is 1. The van der Waals surface area contributed by atoms with Crippen molar-refractivity contribution in [2.75, 3.05) is 13.2 Å². The number of aliphatic carboxylic acids is 1. The van der Waals surface area contributed by atoms with Crippen LogP contribution in [0.1, 0.15) is 55.0 Å². The molecule has 1 aliphatic heterocycles. The molecular formula is C30H35NO5. The maximum Gasteiger partial charge on any atom is 0.311 e. The molecule has 1 saturated carbocycles. The molecule has 36 heavy (non-hydrogen) atoms. The molecule has 6 heteroatoms. The van der Waals surface area contributed by atoms with Gasteiger partial charge in [-0.05, 0) is 61.6 Å². The average molecular weight is 490 g/mol. The Balaban J connectivity index is 1.16. The fourth-order valence-corrected chi connectivity index (χ4v) is 5.50. The van der Waals surface area contributed by atoms with E-state index in [4.69, 9.17) is 9.47 Å². The number of aliphatic hydroxyl groups excluding tert-OH is 1. The molecule has 0 saturated heterocycles. The minimum Gasteiger partial charge on any atom is -0.488 e. The number of hydrogen-bond acceptors (Lipinski definition) is 5. The molecule has 3 aromatic rings. The summed E-state index contributed by atoms with van der Waals surface area (Å²) in [6.45, 7) is 8.79. The van der Waals surface area contributed by atoms with E-state index in [-0.39, 0.29) is 30.3 Å². The molecule has 0 radical (unpaired) electrons. The predicted octanol–water partition coefficient (Wildman–Crippen LogP) is 4.76. The van der Waals surface area contributed by atoms with Crippen LogP contribution >= 0.6 is 0 Å². The SMILES string of the molecule is Cc1ccc([C@@H](C)OCC(O)CNC(C)(C)Cc2ccc3ccccc3c2)c2c1OC1C(C(=O)O)C21. The van der Waals surface area contributed by atoms with E-state index in [0.717, 1.165) is 28.9 Å². The molecule has 0 amide bonds. The summed E-state index contributed by atoms with van der Waals surface area (Å²) in [5.41, 5.74) is 3.97. The molecule has 0 spiro atoms. The molecule has 3 N–H and O–H groups in total. The third kappa shape index (κ3) is 4.85. The molecule has 4 unspecified atom stereocenters. The molecule has 0 bridgehead atoms. The van der Waals surface area contributed by atoms with Gasteiger partial charge >= 0.3 is 5.97 Å². The number of carboxylic acids is 1. The summed E-state index contributed by atoms with van der Waals surface area (Å²) in [5.74, 6) is -0.608. The Labute approximate surface area is 212 Å². The Hall–Kier alpha value is -2.93. The lowest BCUT2D eigenvalue weighted by molar-refractivity contribution is -0.139. The second-order valence-electron chi connectivity index (χ2n) is 10.9. The van der Waals surface area contributed by atoms with Crippen LogP contribution in [0, 0.1) is 12.8 Å². The number of hydrogen-bond donors (Lipinski definition) is 3. The molecule has 2 aliphatic rings. The fourth-order valence-electron chi connectivity index (χ4n) is 5.50. The highest BCUT2D eigenvalue weighted by atomic mass is 16.5. The minimum atomic E-state index is -0.815. The van der Waals surface area contributed by atoms with Crippen molar-refractivity contribution in [3.05, 3.63) is 76.9 Å². The summed E-state index contributed by atoms with van der Waals surface area (Å²) >= 11 is 0. The Morgan fingerprint density at radius 1 is 1.14 bits per heavy atom. The van der Waals surface area contributed by atoms with Crippen LogP contribution in [0.15, 0.2) is 54.6 Å². The normalized spacial score (nSPS) is 22.0. The standard InChI is InChI=1S/C30H35NO5/c1-17-9-12-23(24-25-26(29(33)34)28(25)36-27(17)24)18(2)35-16-22(32)15-31-30(3,4)14-19-10-11-20-7-5-6-8-21(20)13-19/h5-13,18,22,25-26,28,31-32H,14-16H2,1-4H3,(H,33,34)/t18-,22?,25?,26?,28?/m1/s1. The Bertz CT molecular complexity index is 1290. The van der Waals surface area contributed by atoms with E-state index in [1.54, 1.807) is 0 Å². The molecule has 5 atom stereocenters. The van der Waals surface area contributed by atoms with Crippen molar-refractivity contribution in [3.8, 4) is 5.75 Å². The van der Waals surface area contributed by atoms with Crippen molar-refractivity contribution in [2.45, 2.75) is 63.9 Å². The topological polar surface area (TPSA) is 88.0 Å². The first-order valence-corrected chi connectivity index (χ1v) is 12.7. The number of benzene rings is 3. The van der Waals surface area contributed by atoms with Crippen LogP contribution in [0.3, 0.4) is 0 Å². The van der Waals surface area contributed by atoms with Crippen molar-refractivity contribution in [2.24, 2.45) is 5.92 Å². The van der Waals surface area contributed by atoms with E-state index in [2.05, 4.69) is 55.6 Å². The number of nitrogens with one attached hydrogen (secondary N) is 1. The van der Waals surface area contributed by atoms with Crippen LogP contribution in [0.4, 0.5) is 0 Å². The summed E-state index contributed by atoms with van der Waals surface area (Å²) in [7, 11) is 0. The third-order valence-electron chi connectivity index (χ3n) is 7.51. The van der Waals surface area contributed by atoms with E-state index >= 15 is 0 Å². The summed E-state index contributed by atoms with van der Waals surface area (Å²) in [4.78, 5) is 11.5. The highest BCUT2D eigenvalue weighted by molar-refractivity contribution is 5.83. The number of aryl methyl sites for hydroxylation is 1. The zero-order chi connectivity index (χ0) is 25.6. The number of aliphatic hydroxyl groups is 1. The molecule has 1 fully saturated rings. The van der Waals surface area contributed by atoms with Crippen LogP contribution < -0.4 is 10.1 Å². The van der Waals surface area contributed by atoms with E-state index in [0.29, 0.717) is 6.54 Å². The van der Waals surface area contributed by atoms with Crippen molar-refractivity contribution >= 4 is 16.7 Å². The molecule has 6 nitrogen and oxygen atoms in total. The Kier molecular flexibility index (Phi) is 6.54. The van der Waals surface area contributed by atoms with Gasteiger partial charge < -0.3 is 25.0 Å². The second-order valence-corrected chi connectivity index (χ2v) is 10.9. The van der Waals surface area contributed by atoms with Crippen LogP contribution in [0.5, 0.6) is 5.75 Å². The van der Waals surface area contributed by atoms with E-state index in [1.165, 1.54) is 16.3 Å². The van der Waals surface area contributed by atoms with Crippen LogP contribution in [-0.4, -0.2) is 47.1 Å². The van der Waals surface area contributed by atoms with Gasteiger partial charge in [0.1, 0.15) is 17.8 Å². The van der Waals surface area contributed by atoms with Crippen molar-refractivity contribution in [1.82, 2.24) is 5.32 Å². The van der Waals surface area contributed by atoms with Gasteiger partial charge in [0.2, 0.25) is 0 Å². The van der Waals surface area contributed by atoms with Crippen LogP contribution in [0.2, 0.25) is 0 Å². The number of fused-ring (bicyclic) bond motifs is 4. The van der Waals surface area contributed by atoms with Crippen molar-refractivity contribution < 1.29 is 24.5 Å². The van der Waals surface area contributed by atoms with Crippen molar-refractivity contribution in [1.29, 1.82) is 0 Å². The summed E-state index contributed by atoms with van der Waals surface area (Å²) in [6.07, 6.45) is -0.385. The molecular weight excluding hydrogens is 454 g/mol. The van der Waals surface area contributed by atoms with E-state index in [9.17, 15) is 15.0 Å². The fraction of sp³-hybridized carbons (Fsp3) is 0.433. The minimum absolute atomic E-state index is 0.110. The highest BCUT2D eigenvalue weighted by Crippen LogP contribution is 2.61. The van der Waals surface area contributed by atoms with Crippen LogP contribution in [-0.2, 0) is 16.0 Å². The van der Waals surface area contributed by atoms with Gasteiger partial charge in [-0.2, -0.15) is 0 Å². The first-order chi connectivity index (χ1) is 17.1. The molecule has 5 rings (SSSR count). The van der Waals surface area contributed by atoms with Gasteiger partial charge in [0, 0.05) is 23.6 Å². The largest absolute Gasteiger partial charge is 0.488 e. The van der Waals surface area contributed by atoms with Crippen LogP contribution in [0.25, 0.3) is 10.8 Å². The number of β-amino-alcohol motifs (C(OH)–C–C–N with tert-alkyl or cyclic N) is 1.